The Balaban J connectivity index is 1.89. The molecular weight excluding hydrogens is 356 g/mol. The summed E-state index contributed by atoms with van der Waals surface area (Å²) in [7, 11) is 0. The molecule has 0 heterocycles. The van der Waals surface area contributed by atoms with Crippen molar-refractivity contribution >= 4 is 17.6 Å². The molecule has 1 saturated carbocycles. The molecule has 0 aliphatic heterocycles. The van der Waals surface area contributed by atoms with Crippen LogP contribution in [0.1, 0.15) is 82.0 Å². The van der Waals surface area contributed by atoms with Crippen LogP contribution in [0.15, 0.2) is 29.4 Å². The maximum Gasteiger partial charge on any atom is 0.342 e. The fourth-order valence-corrected chi connectivity index (χ4v) is 3.16. The molecule has 1 N–H and O–H groups in total. The summed E-state index contributed by atoms with van der Waals surface area (Å²) in [4.78, 5) is 24.6. The van der Waals surface area contributed by atoms with E-state index in [0.717, 1.165) is 63.5 Å². The summed E-state index contributed by atoms with van der Waals surface area (Å²) < 4.78 is 11.2. The van der Waals surface area contributed by atoms with Gasteiger partial charge >= 0.3 is 5.97 Å². The molecule has 2 rings (SSSR count). The van der Waals surface area contributed by atoms with Crippen LogP contribution in [-0.2, 0) is 9.53 Å². The first-order valence-corrected chi connectivity index (χ1v) is 10.4. The molecular formula is C22H32N2O4. The third-order valence-electron chi connectivity index (χ3n) is 4.84. The van der Waals surface area contributed by atoms with Crippen molar-refractivity contribution in [1.29, 1.82) is 0 Å². The van der Waals surface area contributed by atoms with Crippen molar-refractivity contribution in [2.75, 3.05) is 6.61 Å². The first-order chi connectivity index (χ1) is 13.6. The fourth-order valence-electron chi connectivity index (χ4n) is 3.16. The van der Waals surface area contributed by atoms with Gasteiger partial charge in [0.05, 0.1) is 0 Å². The molecule has 0 spiro atoms. The lowest BCUT2D eigenvalue weighted by Crippen LogP contribution is -2.26. The van der Waals surface area contributed by atoms with Gasteiger partial charge < -0.3 is 9.47 Å². The van der Waals surface area contributed by atoms with Crippen LogP contribution in [0.4, 0.5) is 0 Å². The van der Waals surface area contributed by atoms with E-state index in [-0.39, 0.29) is 18.6 Å². The predicted octanol–water partition coefficient (Wildman–Crippen LogP) is 4.63. The molecule has 0 radical (unpaired) electrons. The zero-order valence-corrected chi connectivity index (χ0v) is 17.0. The Hall–Kier alpha value is -2.37. The zero-order chi connectivity index (χ0) is 20.2. The van der Waals surface area contributed by atoms with Gasteiger partial charge in [-0.25, -0.2) is 10.2 Å². The van der Waals surface area contributed by atoms with Gasteiger partial charge in [0.15, 0.2) is 6.61 Å². The number of hydrogen-bond donors (Lipinski definition) is 1. The molecule has 154 valence electrons. The minimum absolute atomic E-state index is 0.0994. The van der Waals surface area contributed by atoms with Gasteiger partial charge in [0.25, 0.3) is 5.91 Å². The van der Waals surface area contributed by atoms with Crippen LogP contribution >= 0.6 is 0 Å². The van der Waals surface area contributed by atoms with Gasteiger partial charge in [-0.15, -0.1) is 0 Å². The topological polar surface area (TPSA) is 77.0 Å². The van der Waals surface area contributed by atoms with E-state index in [1.54, 1.807) is 24.3 Å². The number of unbranched alkanes of at least 4 members (excludes halogenated alkanes) is 2. The highest BCUT2D eigenvalue weighted by Gasteiger charge is 2.18. The largest absolute Gasteiger partial charge is 0.483 e. The molecule has 0 saturated heterocycles. The molecule has 0 aromatic heterocycles. The van der Waals surface area contributed by atoms with Crippen LogP contribution in [0.5, 0.6) is 5.75 Å². The van der Waals surface area contributed by atoms with Crippen LogP contribution in [0.25, 0.3) is 0 Å². The average Bonchev–Trinajstić information content (AvgIpc) is 3.24. The number of hydrogen-bond acceptors (Lipinski definition) is 5. The van der Waals surface area contributed by atoms with Crippen LogP contribution in [-0.4, -0.2) is 30.3 Å². The Morgan fingerprint density at radius 1 is 1.14 bits per heavy atom. The molecule has 1 fully saturated rings. The minimum Gasteiger partial charge on any atom is -0.483 e. The van der Waals surface area contributed by atoms with E-state index in [9.17, 15) is 9.59 Å². The molecule has 6 heteroatoms. The van der Waals surface area contributed by atoms with Crippen LogP contribution in [0.3, 0.4) is 0 Å². The quantitative estimate of drug-likeness (QED) is 0.341. The first-order valence-electron chi connectivity index (χ1n) is 10.4. The van der Waals surface area contributed by atoms with Crippen molar-refractivity contribution in [2.24, 2.45) is 5.10 Å². The lowest BCUT2D eigenvalue weighted by Gasteiger charge is -2.17. The Bertz CT molecular complexity index is 664. The highest BCUT2D eigenvalue weighted by molar-refractivity contribution is 5.93. The van der Waals surface area contributed by atoms with E-state index in [2.05, 4.69) is 17.5 Å². The molecule has 1 aliphatic rings. The Morgan fingerprint density at radius 3 is 2.61 bits per heavy atom. The Kier molecular flexibility index (Phi) is 9.52. The molecule has 0 bridgehead atoms. The summed E-state index contributed by atoms with van der Waals surface area (Å²) in [6, 6.07) is 6.85. The van der Waals surface area contributed by atoms with Crippen LogP contribution in [0, 0.1) is 0 Å². The number of nitrogens with zero attached hydrogens (tertiary/aromatic N) is 1. The second-order valence-electron chi connectivity index (χ2n) is 7.14. The minimum atomic E-state index is -0.412. The number of benzene rings is 1. The standard InChI is InChI=1S/C22H32N2O4/c1-3-5-6-13-18(4-2)28-22(26)19-14-9-10-15-20(19)27-16-21(25)24-23-17-11-7-8-12-17/h9-10,14-15,18H,3-8,11-13,16H2,1-2H3,(H,24,25). The molecule has 1 aliphatic carbocycles. The summed E-state index contributed by atoms with van der Waals surface area (Å²) in [5, 5.41) is 4.12. The van der Waals surface area contributed by atoms with E-state index >= 15 is 0 Å². The van der Waals surface area contributed by atoms with Crippen molar-refractivity contribution in [1.82, 2.24) is 5.43 Å². The summed E-state index contributed by atoms with van der Waals surface area (Å²) in [5.74, 6) is -0.404. The Labute approximate surface area is 167 Å². The van der Waals surface area contributed by atoms with Gasteiger partial charge in [-0.3, -0.25) is 4.79 Å². The van der Waals surface area contributed by atoms with Crippen LogP contribution < -0.4 is 10.2 Å². The monoisotopic (exact) mass is 388 g/mol. The first kappa shape index (κ1) is 21.9. The molecule has 1 atom stereocenters. The van der Waals surface area contributed by atoms with Gasteiger partial charge in [0.2, 0.25) is 0 Å². The van der Waals surface area contributed by atoms with Gasteiger partial charge in [-0.2, -0.15) is 5.10 Å². The van der Waals surface area contributed by atoms with Crippen molar-refractivity contribution in [3.05, 3.63) is 29.8 Å². The Morgan fingerprint density at radius 2 is 1.89 bits per heavy atom. The second-order valence-corrected chi connectivity index (χ2v) is 7.14. The molecule has 1 aromatic carbocycles. The van der Waals surface area contributed by atoms with Crippen molar-refractivity contribution in [3.8, 4) is 5.75 Å². The number of nitrogens with one attached hydrogen (secondary N) is 1. The fraction of sp³-hybridized carbons (Fsp3) is 0.591. The van der Waals surface area contributed by atoms with E-state index in [1.165, 1.54) is 0 Å². The van der Waals surface area contributed by atoms with Gasteiger partial charge in [0, 0.05) is 5.71 Å². The van der Waals surface area contributed by atoms with Gasteiger partial charge in [-0.05, 0) is 57.1 Å². The van der Waals surface area contributed by atoms with E-state index < -0.39 is 5.97 Å². The van der Waals surface area contributed by atoms with E-state index in [1.807, 2.05) is 6.92 Å². The normalized spacial score (nSPS) is 14.4. The third kappa shape index (κ3) is 7.33. The number of para-hydroxylation sites is 1. The van der Waals surface area contributed by atoms with Gasteiger partial charge in [0.1, 0.15) is 17.4 Å². The number of amides is 1. The smallest absolute Gasteiger partial charge is 0.342 e. The summed E-state index contributed by atoms with van der Waals surface area (Å²) in [5.41, 5.74) is 3.88. The van der Waals surface area contributed by atoms with E-state index in [4.69, 9.17) is 9.47 Å². The van der Waals surface area contributed by atoms with Gasteiger partial charge in [-0.1, -0.05) is 38.8 Å². The zero-order valence-electron chi connectivity index (χ0n) is 17.0. The highest BCUT2D eigenvalue weighted by Crippen LogP contribution is 2.21. The van der Waals surface area contributed by atoms with Crippen molar-refractivity contribution < 1.29 is 19.1 Å². The number of carbonyl (C=O) groups excluding carboxylic acids is 2. The lowest BCUT2D eigenvalue weighted by molar-refractivity contribution is -0.123. The molecule has 1 unspecified atom stereocenters. The molecule has 1 amide bonds. The number of carbonyl (C=O) groups is 2. The number of esters is 1. The highest BCUT2D eigenvalue weighted by atomic mass is 16.5. The number of rotatable bonds is 11. The van der Waals surface area contributed by atoms with Crippen molar-refractivity contribution in [3.63, 3.8) is 0 Å². The molecule has 1 aromatic rings. The SMILES string of the molecule is CCCCCC(CC)OC(=O)c1ccccc1OCC(=O)NN=C1CCCC1. The predicted molar refractivity (Wildman–Crippen MR) is 110 cm³/mol. The number of ether oxygens (including phenoxy) is 2. The lowest BCUT2D eigenvalue weighted by atomic mass is 10.1. The number of hydrazone groups is 1. The second kappa shape index (κ2) is 12.2. The maximum atomic E-state index is 12.6. The molecule has 28 heavy (non-hydrogen) atoms. The molecule has 6 nitrogen and oxygen atoms in total. The summed E-state index contributed by atoms with van der Waals surface area (Å²) >= 11 is 0. The third-order valence-corrected chi connectivity index (χ3v) is 4.84. The summed E-state index contributed by atoms with van der Waals surface area (Å²) in [6.07, 6.45) is 8.97. The van der Waals surface area contributed by atoms with Crippen molar-refractivity contribution in [2.45, 2.75) is 77.7 Å². The maximum absolute atomic E-state index is 12.6. The summed E-state index contributed by atoms with van der Waals surface area (Å²) in [6.45, 7) is 3.97. The van der Waals surface area contributed by atoms with E-state index in [0.29, 0.717) is 11.3 Å². The average molecular weight is 389 g/mol. The van der Waals surface area contributed by atoms with Crippen LogP contribution in [0.2, 0.25) is 0 Å².